The van der Waals surface area contributed by atoms with Gasteiger partial charge in [-0.2, -0.15) is 0 Å². The number of aliphatic hydroxyl groups excluding tert-OH is 2. The summed E-state index contributed by atoms with van der Waals surface area (Å²) in [7, 11) is 0. The third-order valence-electron chi connectivity index (χ3n) is 4.71. The van der Waals surface area contributed by atoms with E-state index in [9.17, 15) is 29.4 Å². The lowest BCUT2D eigenvalue weighted by atomic mass is 10.0. The molecule has 10 N–H and O–H groups in total. The van der Waals surface area contributed by atoms with Crippen LogP contribution in [0.5, 0.6) is 0 Å². The molecule has 12 nitrogen and oxygen atoms in total. The molecule has 0 aliphatic rings. The quantitative estimate of drug-likeness (QED) is 0.131. The van der Waals surface area contributed by atoms with Gasteiger partial charge in [-0.05, 0) is 45.6 Å². The summed E-state index contributed by atoms with van der Waals surface area (Å²) in [5.41, 5.74) is 11.3. The maximum atomic E-state index is 12.8. The smallest absolute Gasteiger partial charge is 0.328 e. The van der Waals surface area contributed by atoms with E-state index in [0.29, 0.717) is 19.4 Å². The number of carbonyl (C=O) groups excluding carboxylic acids is 3. The van der Waals surface area contributed by atoms with Crippen LogP contribution in [-0.4, -0.2) is 81.9 Å². The van der Waals surface area contributed by atoms with Crippen LogP contribution >= 0.6 is 0 Å². The van der Waals surface area contributed by atoms with Crippen LogP contribution in [-0.2, 0) is 19.2 Å². The lowest BCUT2D eigenvalue weighted by Gasteiger charge is -2.27. The Hall–Kier alpha value is -2.28. The first-order valence-corrected chi connectivity index (χ1v) is 10.3. The minimum atomic E-state index is -1.63. The normalized spacial score (nSPS) is 17.1. The molecule has 0 heterocycles. The van der Waals surface area contributed by atoms with Gasteiger partial charge in [0.2, 0.25) is 17.7 Å². The van der Waals surface area contributed by atoms with Crippen molar-refractivity contribution in [1.29, 1.82) is 0 Å². The highest BCUT2D eigenvalue weighted by atomic mass is 16.4. The summed E-state index contributed by atoms with van der Waals surface area (Å²) in [4.78, 5) is 48.8. The van der Waals surface area contributed by atoms with E-state index in [-0.39, 0.29) is 12.3 Å². The van der Waals surface area contributed by atoms with Gasteiger partial charge in [-0.3, -0.25) is 14.4 Å². The molecule has 0 aromatic carbocycles. The predicted octanol–water partition coefficient (Wildman–Crippen LogP) is -2.60. The zero-order valence-corrected chi connectivity index (χ0v) is 18.5. The topological polar surface area (TPSA) is 217 Å². The summed E-state index contributed by atoms with van der Waals surface area (Å²) in [5, 5.41) is 35.6. The van der Waals surface area contributed by atoms with E-state index in [1.54, 1.807) is 13.8 Å². The molecular formula is C19H37N5O7. The number of nitrogens with two attached hydrogens (primary N) is 2. The number of hydrogen-bond acceptors (Lipinski definition) is 8. The first kappa shape index (κ1) is 28.7. The summed E-state index contributed by atoms with van der Waals surface area (Å²) in [6, 6.07) is -5.02. The number of unbranched alkanes of at least 4 members (excludes halogenated alkanes) is 1. The zero-order chi connectivity index (χ0) is 24.3. The Morgan fingerprint density at radius 3 is 1.74 bits per heavy atom. The number of carbonyl (C=O) groups is 4. The first-order valence-electron chi connectivity index (χ1n) is 10.3. The molecule has 6 atom stereocenters. The van der Waals surface area contributed by atoms with E-state index in [1.807, 2.05) is 0 Å². The van der Waals surface area contributed by atoms with E-state index < -0.39 is 60.1 Å². The fraction of sp³-hybridized carbons (Fsp3) is 0.789. The molecule has 0 saturated carbocycles. The molecule has 0 aliphatic carbocycles. The van der Waals surface area contributed by atoms with Crippen LogP contribution < -0.4 is 27.4 Å². The number of carboxylic acid groups (broad SMARTS) is 1. The van der Waals surface area contributed by atoms with E-state index in [1.165, 1.54) is 13.8 Å². The molecule has 6 unspecified atom stereocenters. The minimum absolute atomic E-state index is 0.169. The molecule has 0 aliphatic heterocycles. The van der Waals surface area contributed by atoms with Crippen molar-refractivity contribution in [3.8, 4) is 0 Å². The van der Waals surface area contributed by atoms with Gasteiger partial charge < -0.3 is 42.7 Å². The molecule has 0 radical (unpaired) electrons. The number of hydrogen-bond donors (Lipinski definition) is 8. The van der Waals surface area contributed by atoms with Crippen molar-refractivity contribution in [3.63, 3.8) is 0 Å². The van der Waals surface area contributed by atoms with Gasteiger partial charge in [0.1, 0.15) is 12.1 Å². The van der Waals surface area contributed by atoms with Gasteiger partial charge in [-0.15, -0.1) is 0 Å². The monoisotopic (exact) mass is 447 g/mol. The van der Waals surface area contributed by atoms with Crippen LogP contribution in [0.25, 0.3) is 0 Å². The summed E-state index contributed by atoms with van der Waals surface area (Å²) < 4.78 is 0. The van der Waals surface area contributed by atoms with E-state index in [2.05, 4.69) is 16.0 Å². The lowest BCUT2D eigenvalue weighted by Crippen LogP contribution is -2.61. The summed E-state index contributed by atoms with van der Waals surface area (Å²) in [6.45, 7) is 6.31. The number of nitrogens with one attached hydrogen (secondary N) is 3. The molecule has 0 aromatic heterocycles. The highest BCUT2D eigenvalue weighted by Crippen LogP contribution is 2.06. The Bertz CT molecular complexity index is 612. The molecule has 0 saturated heterocycles. The average molecular weight is 448 g/mol. The minimum Gasteiger partial charge on any atom is -0.480 e. The van der Waals surface area contributed by atoms with Crippen LogP contribution in [0.1, 0.15) is 47.0 Å². The first-order chi connectivity index (χ1) is 14.3. The Kier molecular flexibility index (Phi) is 12.9. The van der Waals surface area contributed by atoms with E-state index >= 15 is 0 Å². The highest BCUT2D eigenvalue weighted by Gasteiger charge is 2.34. The van der Waals surface area contributed by atoms with Crippen molar-refractivity contribution in [2.75, 3.05) is 6.54 Å². The van der Waals surface area contributed by atoms with Crippen LogP contribution in [0.2, 0.25) is 0 Å². The summed E-state index contributed by atoms with van der Waals surface area (Å²) in [6.07, 6.45) is -1.46. The van der Waals surface area contributed by atoms with Gasteiger partial charge >= 0.3 is 5.97 Å². The molecule has 12 heteroatoms. The zero-order valence-electron chi connectivity index (χ0n) is 18.5. The fourth-order valence-corrected chi connectivity index (χ4v) is 2.62. The molecule has 0 spiro atoms. The molecule has 31 heavy (non-hydrogen) atoms. The largest absolute Gasteiger partial charge is 0.480 e. The standard InChI is InChI=1S/C19H37N5O7/c1-9(2)13(21)17(28)22-12(7-5-6-8-20)16(27)23-14(10(3)25)18(29)24-15(11(4)26)19(30)31/h9-15,25-26H,5-8,20-21H2,1-4H3,(H,22,28)(H,23,27)(H,24,29)(H,30,31). The Labute approximate surface area is 182 Å². The Balaban J connectivity index is 5.42. The number of carboxylic acids is 1. The van der Waals surface area contributed by atoms with Crippen molar-refractivity contribution in [3.05, 3.63) is 0 Å². The molecule has 3 amide bonds. The number of aliphatic hydroxyl groups is 2. The van der Waals surface area contributed by atoms with Crippen LogP contribution in [0.3, 0.4) is 0 Å². The third-order valence-corrected chi connectivity index (χ3v) is 4.71. The van der Waals surface area contributed by atoms with Gasteiger partial charge in [0.05, 0.1) is 18.2 Å². The molecule has 0 aromatic rings. The van der Waals surface area contributed by atoms with Gasteiger partial charge in [0, 0.05) is 0 Å². The highest BCUT2D eigenvalue weighted by molar-refractivity contribution is 5.94. The van der Waals surface area contributed by atoms with Crippen molar-refractivity contribution in [2.24, 2.45) is 17.4 Å². The van der Waals surface area contributed by atoms with Crippen LogP contribution in [0.15, 0.2) is 0 Å². The predicted molar refractivity (Wildman–Crippen MR) is 113 cm³/mol. The second-order valence-electron chi connectivity index (χ2n) is 7.91. The summed E-state index contributed by atoms with van der Waals surface area (Å²) in [5.74, 6) is -3.93. The van der Waals surface area contributed by atoms with Crippen molar-refractivity contribution in [2.45, 2.75) is 83.3 Å². The van der Waals surface area contributed by atoms with Gasteiger partial charge in [0.25, 0.3) is 0 Å². The number of rotatable bonds is 14. The van der Waals surface area contributed by atoms with Gasteiger partial charge in [-0.1, -0.05) is 13.8 Å². The van der Waals surface area contributed by atoms with E-state index in [4.69, 9.17) is 16.6 Å². The molecule has 180 valence electrons. The summed E-state index contributed by atoms with van der Waals surface area (Å²) >= 11 is 0. The van der Waals surface area contributed by atoms with Crippen molar-refractivity contribution in [1.82, 2.24) is 16.0 Å². The second-order valence-corrected chi connectivity index (χ2v) is 7.91. The lowest BCUT2D eigenvalue weighted by molar-refractivity contribution is -0.146. The maximum Gasteiger partial charge on any atom is 0.328 e. The number of amides is 3. The second kappa shape index (κ2) is 13.9. The fourth-order valence-electron chi connectivity index (χ4n) is 2.62. The molecule has 0 bridgehead atoms. The van der Waals surface area contributed by atoms with Crippen LogP contribution in [0, 0.1) is 5.92 Å². The van der Waals surface area contributed by atoms with Crippen LogP contribution in [0.4, 0.5) is 0 Å². The van der Waals surface area contributed by atoms with Gasteiger partial charge in [-0.25, -0.2) is 4.79 Å². The van der Waals surface area contributed by atoms with Crippen molar-refractivity contribution >= 4 is 23.7 Å². The third kappa shape index (κ3) is 10.0. The number of aliphatic carboxylic acids is 1. The van der Waals surface area contributed by atoms with Crippen molar-refractivity contribution < 1.29 is 34.5 Å². The average Bonchev–Trinajstić information content (AvgIpc) is 2.67. The van der Waals surface area contributed by atoms with E-state index in [0.717, 1.165) is 0 Å². The molecule has 0 fully saturated rings. The Morgan fingerprint density at radius 1 is 0.806 bits per heavy atom. The maximum absolute atomic E-state index is 12.8. The molecular weight excluding hydrogens is 410 g/mol. The SMILES string of the molecule is CC(C)C(N)C(=O)NC(CCCCN)C(=O)NC(C(=O)NC(C(=O)O)C(C)O)C(C)O. The molecule has 0 rings (SSSR count). The van der Waals surface area contributed by atoms with Gasteiger partial charge in [0.15, 0.2) is 6.04 Å². The Morgan fingerprint density at radius 2 is 1.32 bits per heavy atom.